The second-order valence-electron chi connectivity index (χ2n) is 6.60. The molecule has 1 N–H and O–H groups in total. The maximum Gasteiger partial charge on any atom is 0.323 e. The second-order valence-corrected chi connectivity index (χ2v) is 6.60. The molecule has 6 nitrogen and oxygen atoms in total. The average Bonchev–Trinajstić information content (AvgIpc) is 2.87. The molecule has 3 aromatic rings. The Morgan fingerprint density at radius 1 is 1.20 bits per heavy atom. The fraction of sp³-hybridized carbons (Fsp3) is 0.316. The van der Waals surface area contributed by atoms with Crippen molar-refractivity contribution < 1.29 is 9.90 Å². The molecule has 6 heteroatoms. The molecular weight excluding hydrogens is 318 g/mol. The van der Waals surface area contributed by atoms with Crippen molar-refractivity contribution in [1.29, 1.82) is 0 Å². The van der Waals surface area contributed by atoms with Crippen LogP contribution in [0.2, 0.25) is 0 Å². The summed E-state index contributed by atoms with van der Waals surface area (Å²) >= 11 is 0. The maximum absolute atomic E-state index is 12.6. The third kappa shape index (κ3) is 2.95. The van der Waals surface area contributed by atoms with Gasteiger partial charge in [-0.3, -0.25) is 14.2 Å². The second kappa shape index (κ2) is 6.20. The summed E-state index contributed by atoms with van der Waals surface area (Å²) in [5, 5.41) is 14.7. The largest absolute Gasteiger partial charge is 0.480 e. The standard InChI is InChI=1S/C19H21N3O3/c1-11(2)15-9-16(23)21(10-17(24)25)19-18(15)13(4)20-22(19)14-7-5-12(3)6-8-14/h5-9,11H,10H2,1-4H3,(H,24,25). The van der Waals surface area contributed by atoms with Crippen LogP contribution < -0.4 is 5.56 Å². The lowest BCUT2D eigenvalue weighted by molar-refractivity contribution is -0.137. The van der Waals surface area contributed by atoms with Gasteiger partial charge in [-0.25, -0.2) is 4.68 Å². The summed E-state index contributed by atoms with van der Waals surface area (Å²) in [5.74, 6) is -0.931. The fourth-order valence-electron chi connectivity index (χ4n) is 3.10. The Morgan fingerprint density at radius 2 is 1.84 bits per heavy atom. The van der Waals surface area contributed by atoms with Gasteiger partial charge in [-0.15, -0.1) is 0 Å². The van der Waals surface area contributed by atoms with Gasteiger partial charge in [0.15, 0.2) is 0 Å². The quantitative estimate of drug-likeness (QED) is 0.793. The van der Waals surface area contributed by atoms with E-state index in [1.54, 1.807) is 4.68 Å². The normalized spacial score (nSPS) is 11.4. The Bertz CT molecular complexity index is 1010. The molecule has 0 spiro atoms. The van der Waals surface area contributed by atoms with Crippen LogP contribution in [0.15, 0.2) is 35.1 Å². The van der Waals surface area contributed by atoms with E-state index >= 15 is 0 Å². The number of nitrogens with zero attached hydrogens (tertiary/aromatic N) is 3. The predicted molar refractivity (Wildman–Crippen MR) is 96.5 cm³/mol. The molecule has 0 atom stereocenters. The smallest absolute Gasteiger partial charge is 0.323 e. The predicted octanol–water partition coefficient (Wildman–Crippen LogP) is 3.01. The maximum atomic E-state index is 12.6. The molecule has 0 aliphatic rings. The number of benzene rings is 1. The summed E-state index contributed by atoms with van der Waals surface area (Å²) in [6.07, 6.45) is 0. The Morgan fingerprint density at radius 3 is 2.40 bits per heavy atom. The third-order valence-electron chi connectivity index (χ3n) is 4.32. The van der Waals surface area contributed by atoms with E-state index < -0.39 is 12.5 Å². The molecule has 0 unspecified atom stereocenters. The highest BCUT2D eigenvalue weighted by atomic mass is 16.4. The van der Waals surface area contributed by atoms with Crippen LogP contribution in [0.25, 0.3) is 16.7 Å². The molecule has 1 aromatic carbocycles. The number of fused-ring (bicyclic) bond motifs is 1. The molecule has 3 rings (SSSR count). The third-order valence-corrected chi connectivity index (χ3v) is 4.32. The first-order valence-corrected chi connectivity index (χ1v) is 8.21. The molecule has 2 heterocycles. The van der Waals surface area contributed by atoms with Crippen LogP contribution in [0.4, 0.5) is 0 Å². The number of carboxylic acid groups (broad SMARTS) is 1. The SMILES string of the molecule is Cc1ccc(-n2nc(C)c3c(C(C)C)cc(=O)n(CC(=O)O)c32)cc1. The number of pyridine rings is 1. The van der Waals surface area contributed by atoms with Gasteiger partial charge in [0.25, 0.3) is 5.56 Å². The number of aryl methyl sites for hydroxylation is 2. The first-order valence-electron chi connectivity index (χ1n) is 8.21. The molecule has 0 bridgehead atoms. The molecule has 0 fully saturated rings. The minimum absolute atomic E-state index is 0.129. The van der Waals surface area contributed by atoms with Crippen molar-refractivity contribution >= 4 is 17.0 Å². The summed E-state index contributed by atoms with van der Waals surface area (Å²) in [7, 11) is 0. The number of rotatable bonds is 4. The van der Waals surface area contributed by atoms with E-state index in [0.29, 0.717) is 5.65 Å². The summed E-state index contributed by atoms with van der Waals surface area (Å²) in [5.41, 5.74) is 3.77. The zero-order chi connectivity index (χ0) is 18.3. The van der Waals surface area contributed by atoms with E-state index in [1.807, 2.05) is 52.0 Å². The highest BCUT2D eigenvalue weighted by molar-refractivity contribution is 5.85. The average molecular weight is 339 g/mol. The molecule has 25 heavy (non-hydrogen) atoms. The van der Waals surface area contributed by atoms with Crippen LogP contribution in [0, 0.1) is 13.8 Å². The van der Waals surface area contributed by atoms with Gasteiger partial charge in [0.05, 0.1) is 11.4 Å². The molecule has 0 aliphatic heterocycles. The van der Waals surface area contributed by atoms with E-state index in [4.69, 9.17) is 0 Å². The first kappa shape index (κ1) is 17.0. The van der Waals surface area contributed by atoms with Gasteiger partial charge in [-0.2, -0.15) is 5.10 Å². The Balaban J connectivity index is 2.44. The number of carboxylic acids is 1. The number of hydrogen-bond donors (Lipinski definition) is 1. The Kier molecular flexibility index (Phi) is 4.20. The number of hydrogen-bond acceptors (Lipinski definition) is 3. The van der Waals surface area contributed by atoms with Gasteiger partial charge in [-0.05, 0) is 37.5 Å². The molecule has 0 saturated carbocycles. The van der Waals surface area contributed by atoms with Crippen molar-refractivity contribution in [3.05, 3.63) is 57.5 Å². The molecule has 0 saturated heterocycles. The summed E-state index contributed by atoms with van der Waals surface area (Å²) in [6.45, 7) is 7.50. The molecule has 0 aliphatic carbocycles. The van der Waals surface area contributed by atoms with Gasteiger partial charge >= 0.3 is 5.97 Å². The monoisotopic (exact) mass is 339 g/mol. The van der Waals surface area contributed by atoms with Gasteiger partial charge < -0.3 is 5.11 Å². The van der Waals surface area contributed by atoms with Gasteiger partial charge in [-0.1, -0.05) is 31.5 Å². The van der Waals surface area contributed by atoms with Crippen molar-refractivity contribution in [1.82, 2.24) is 14.3 Å². The van der Waals surface area contributed by atoms with E-state index in [0.717, 1.165) is 27.9 Å². The van der Waals surface area contributed by atoms with Crippen LogP contribution in [0.3, 0.4) is 0 Å². The van der Waals surface area contributed by atoms with E-state index in [2.05, 4.69) is 5.10 Å². The van der Waals surface area contributed by atoms with E-state index in [-0.39, 0.29) is 11.5 Å². The number of carbonyl (C=O) groups is 1. The zero-order valence-corrected chi connectivity index (χ0v) is 14.8. The summed E-state index contributed by atoms with van der Waals surface area (Å²) < 4.78 is 2.95. The lowest BCUT2D eigenvalue weighted by atomic mass is 10.00. The Hall–Kier alpha value is -2.89. The molecule has 130 valence electrons. The van der Waals surface area contributed by atoms with Crippen LogP contribution >= 0.6 is 0 Å². The van der Waals surface area contributed by atoms with Crippen LogP contribution in [0.1, 0.15) is 36.6 Å². The zero-order valence-electron chi connectivity index (χ0n) is 14.8. The first-order chi connectivity index (χ1) is 11.8. The highest BCUT2D eigenvalue weighted by Gasteiger charge is 2.21. The van der Waals surface area contributed by atoms with E-state index in [9.17, 15) is 14.7 Å². The summed E-state index contributed by atoms with van der Waals surface area (Å²) in [4.78, 5) is 23.9. The molecule has 0 radical (unpaired) electrons. The lowest BCUT2D eigenvalue weighted by Gasteiger charge is -2.13. The van der Waals surface area contributed by atoms with Crippen molar-refractivity contribution in [2.24, 2.45) is 0 Å². The number of aromatic nitrogens is 3. The molecular formula is C19H21N3O3. The van der Waals surface area contributed by atoms with Crippen molar-refractivity contribution in [2.75, 3.05) is 0 Å². The minimum atomic E-state index is -1.06. The van der Waals surface area contributed by atoms with Gasteiger partial charge in [0.1, 0.15) is 12.2 Å². The Labute approximate surface area is 145 Å². The minimum Gasteiger partial charge on any atom is -0.480 e. The van der Waals surface area contributed by atoms with Crippen LogP contribution in [0.5, 0.6) is 0 Å². The van der Waals surface area contributed by atoms with Crippen LogP contribution in [-0.2, 0) is 11.3 Å². The van der Waals surface area contributed by atoms with Crippen molar-refractivity contribution in [3.8, 4) is 5.69 Å². The molecule has 0 amide bonds. The fourth-order valence-corrected chi connectivity index (χ4v) is 3.10. The van der Waals surface area contributed by atoms with Gasteiger partial charge in [0, 0.05) is 11.5 Å². The van der Waals surface area contributed by atoms with Crippen molar-refractivity contribution in [2.45, 2.75) is 40.2 Å². The van der Waals surface area contributed by atoms with Gasteiger partial charge in [0.2, 0.25) is 0 Å². The van der Waals surface area contributed by atoms with Crippen molar-refractivity contribution in [3.63, 3.8) is 0 Å². The number of aliphatic carboxylic acids is 1. The van der Waals surface area contributed by atoms with E-state index in [1.165, 1.54) is 10.6 Å². The summed E-state index contributed by atoms with van der Waals surface area (Å²) in [6, 6.07) is 9.29. The lowest BCUT2D eigenvalue weighted by Crippen LogP contribution is -2.26. The topological polar surface area (TPSA) is 77.1 Å². The molecule has 2 aromatic heterocycles. The highest BCUT2D eigenvalue weighted by Crippen LogP contribution is 2.28. The van der Waals surface area contributed by atoms with Crippen LogP contribution in [-0.4, -0.2) is 25.4 Å².